The van der Waals surface area contributed by atoms with Crippen molar-refractivity contribution in [3.05, 3.63) is 35.0 Å². The average Bonchev–Trinajstić information content (AvgIpc) is 3.05. The Bertz CT molecular complexity index is 694. The highest BCUT2D eigenvalue weighted by Gasteiger charge is 2.32. The monoisotopic (exact) mass is 293 g/mol. The predicted octanol–water partition coefficient (Wildman–Crippen LogP) is 2.63. The van der Waals surface area contributed by atoms with Crippen molar-refractivity contribution in [1.29, 1.82) is 0 Å². The molecule has 1 amide bonds. The fourth-order valence-electron chi connectivity index (χ4n) is 2.44. The van der Waals surface area contributed by atoms with Gasteiger partial charge in [-0.05, 0) is 18.6 Å². The highest BCUT2D eigenvalue weighted by molar-refractivity contribution is 6.34. The Morgan fingerprint density at radius 1 is 1.40 bits per heavy atom. The largest absolute Gasteiger partial charge is 0.481 e. The Labute approximate surface area is 119 Å². The first-order chi connectivity index (χ1) is 9.56. The summed E-state index contributed by atoms with van der Waals surface area (Å²) in [6, 6.07) is 6.92. The number of rotatable bonds is 2. The number of aliphatic carboxylic acids is 1. The number of fused-ring (bicyclic) bond motifs is 1. The van der Waals surface area contributed by atoms with Crippen LogP contribution in [0.2, 0.25) is 5.02 Å². The first kappa shape index (κ1) is 13.0. The molecule has 1 aromatic carbocycles. The summed E-state index contributed by atoms with van der Waals surface area (Å²) in [6.07, 6.45) is 0.474. The van der Waals surface area contributed by atoms with E-state index in [9.17, 15) is 9.59 Å². The van der Waals surface area contributed by atoms with Crippen molar-refractivity contribution in [1.82, 2.24) is 4.90 Å². The number of halogens is 1. The summed E-state index contributed by atoms with van der Waals surface area (Å²) in [4.78, 5) is 24.7. The minimum absolute atomic E-state index is 0.194. The van der Waals surface area contributed by atoms with Gasteiger partial charge in [0.25, 0.3) is 5.91 Å². The molecule has 0 saturated carbocycles. The standard InChI is InChI=1S/C14H12ClNO4/c15-10-3-1-2-8-6-11(20-12(8)10)13(17)16-5-4-9(7-16)14(18)19/h1-3,6,9H,4-5,7H2,(H,18,19)/t9-/m1/s1. The fourth-order valence-corrected chi connectivity index (χ4v) is 2.66. The number of carboxylic acids is 1. The number of para-hydroxylation sites is 1. The number of nitrogens with zero attached hydrogens (tertiary/aromatic N) is 1. The van der Waals surface area contributed by atoms with Gasteiger partial charge in [0.15, 0.2) is 11.3 Å². The summed E-state index contributed by atoms with van der Waals surface area (Å²) >= 11 is 6.00. The molecule has 2 heterocycles. The van der Waals surface area contributed by atoms with Gasteiger partial charge in [-0.15, -0.1) is 0 Å². The van der Waals surface area contributed by atoms with Crippen molar-refractivity contribution >= 4 is 34.4 Å². The Hall–Kier alpha value is -2.01. The molecular formula is C14H12ClNO4. The molecule has 5 nitrogen and oxygen atoms in total. The highest BCUT2D eigenvalue weighted by atomic mass is 35.5. The smallest absolute Gasteiger partial charge is 0.308 e. The van der Waals surface area contributed by atoms with E-state index in [1.807, 2.05) is 6.07 Å². The zero-order chi connectivity index (χ0) is 14.3. The lowest BCUT2D eigenvalue weighted by atomic mass is 10.1. The third kappa shape index (κ3) is 2.14. The van der Waals surface area contributed by atoms with Crippen LogP contribution in [0.3, 0.4) is 0 Å². The molecule has 1 aromatic heterocycles. The van der Waals surface area contributed by atoms with Crippen molar-refractivity contribution in [3.63, 3.8) is 0 Å². The topological polar surface area (TPSA) is 70.8 Å². The molecule has 1 atom stereocenters. The van der Waals surface area contributed by atoms with Gasteiger partial charge in [0.05, 0.1) is 10.9 Å². The summed E-state index contributed by atoms with van der Waals surface area (Å²) in [5.74, 6) is -1.46. The van der Waals surface area contributed by atoms with Gasteiger partial charge >= 0.3 is 5.97 Å². The molecule has 20 heavy (non-hydrogen) atoms. The first-order valence-electron chi connectivity index (χ1n) is 6.26. The van der Waals surface area contributed by atoms with Crippen LogP contribution in [-0.2, 0) is 4.79 Å². The van der Waals surface area contributed by atoms with Crippen molar-refractivity contribution in [3.8, 4) is 0 Å². The predicted molar refractivity (Wildman–Crippen MR) is 72.9 cm³/mol. The molecule has 0 radical (unpaired) electrons. The molecule has 0 unspecified atom stereocenters. The van der Waals surface area contributed by atoms with Crippen LogP contribution < -0.4 is 0 Å². The van der Waals surface area contributed by atoms with Crippen molar-refractivity contribution in [2.45, 2.75) is 6.42 Å². The summed E-state index contributed by atoms with van der Waals surface area (Å²) in [6.45, 7) is 0.652. The van der Waals surface area contributed by atoms with E-state index in [0.717, 1.165) is 5.39 Å². The normalized spacial score (nSPS) is 18.6. The second-order valence-corrected chi connectivity index (χ2v) is 5.25. The molecule has 1 N–H and O–H groups in total. The summed E-state index contributed by atoms with van der Waals surface area (Å²) < 4.78 is 5.50. The van der Waals surface area contributed by atoms with Gasteiger partial charge in [-0.25, -0.2) is 0 Å². The summed E-state index contributed by atoms with van der Waals surface area (Å²) in [5, 5.41) is 10.2. The maximum absolute atomic E-state index is 12.3. The number of furan rings is 1. The van der Waals surface area contributed by atoms with Gasteiger partial charge in [0.2, 0.25) is 0 Å². The van der Waals surface area contributed by atoms with Crippen molar-refractivity contribution in [2.24, 2.45) is 5.92 Å². The van der Waals surface area contributed by atoms with Crippen LogP contribution in [-0.4, -0.2) is 35.0 Å². The zero-order valence-electron chi connectivity index (χ0n) is 10.5. The molecule has 1 saturated heterocycles. The van der Waals surface area contributed by atoms with Gasteiger partial charge in [-0.3, -0.25) is 9.59 Å². The SMILES string of the molecule is O=C(O)[C@@H]1CCN(C(=O)c2cc3cccc(Cl)c3o2)C1. The summed E-state index contributed by atoms with van der Waals surface area (Å²) in [5.41, 5.74) is 0.478. The second kappa shape index (κ2) is 4.83. The van der Waals surface area contributed by atoms with E-state index in [1.54, 1.807) is 18.2 Å². The number of carbonyl (C=O) groups excluding carboxylic acids is 1. The lowest BCUT2D eigenvalue weighted by Crippen LogP contribution is -2.29. The van der Waals surface area contributed by atoms with E-state index >= 15 is 0 Å². The summed E-state index contributed by atoms with van der Waals surface area (Å²) in [7, 11) is 0. The lowest BCUT2D eigenvalue weighted by Gasteiger charge is -2.13. The third-order valence-corrected chi connectivity index (χ3v) is 3.83. The van der Waals surface area contributed by atoms with Gasteiger partial charge in [0.1, 0.15) is 0 Å². The van der Waals surface area contributed by atoms with Crippen LogP contribution in [0.1, 0.15) is 17.0 Å². The number of amides is 1. The first-order valence-corrected chi connectivity index (χ1v) is 6.64. The minimum atomic E-state index is -0.868. The van der Waals surface area contributed by atoms with Gasteiger partial charge in [-0.1, -0.05) is 23.7 Å². The Kier molecular flexibility index (Phi) is 3.14. The minimum Gasteiger partial charge on any atom is -0.481 e. The molecular weight excluding hydrogens is 282 g/mol. The number of benzene rings is 1. The van der Waals surface area contributed by atoms with Crippen LogP contribution in [0.5, 0.6) is 0 Å². The Balaban J connectivity index is 1.86. The lowest BCUT2D eigenvalue weighted by molar-refractivity contribution is -0.141. The van der Waals surface area contributed by atoms with E-state index in [4.69, 9.17) is 21.1 Å². The van der Waals surface area contributed by atoms with E-state index in [1.165, 1.54) is 4.90 Å². The van der Waals surface area contributed by atoms with Crippen LogP contribution >= 0.6 is 11.6 Å². The van der Waals surface area contributed by atoms with E-state index in [0.29, 0.717) is 23.6 Å². The molecule has 3 rings (SSSR count). The molecule has 0 bridgehead atoms. The maximum Gasteiger partial charge on any atom is 0.308 e. The second-order valence-electron chi connectivity index (χ2n) is 4.84. The molecule has 104 valence electrons. The average molecular weight is 294 g/mol. The van der Waals surface area contributed by atoms with Gasteiger partial charge in [0, 0.05) is 18.5 Å². The number of carboxylic acid groups (broad SMARTS) is 1. The van der Waals surface area contributed by atoms with E-state index in [2.05, 4.69) is 0 Å². The quantitative estimate of drug-likeness (QED) is 0.924. The number of hydrogen-bond acceptors (Lipinski definition) is 3. The third-order valence-electron chi connectivity index (χ3n) is 3.53. The van der Waals surface area contributed by atoms with Crippen LogP contribution in [0.15, 0.2) is 28.7 Å². The highest BCUT2D eigenvalue weighted by Crippen LogP contribution is 2.28. The van der Waals surface area contributed by atoms with Crippen LogP contribution in [0.4, 0.5) is 0 Å². The molecule has 6 heteroatoms. The molecule has 1 aliphatic heterocycles. The van der Waals surface area contributed by atoms with Gasteiger partial charge in [-0.2, -0.15) is 0 Å². The van der Waals surface area contributed by atoms with Gasteiger partial charge < -0.3 is 14.4 Å². The number of carbonyl (C=O) groups is 2. The Morgan fingerprint density at radius 2 is 2.20 bits per heavy atom. The van der Waals surface area contributed by atoms with E-state index < -0.39 is 11.9 Å². The zero-order valence-corrected chi connectivity index (χ0v) is 11.3. The van der Waals surface area contributed by atoms with Crippen LogP contribution in [0, 0.1) is 5.92 Å². The Morgan fingerprint density at radius 3 is 2.85 bits per heavy atom. The van der Waals surface area contributed by atoms with E-state index in [-0.39, 0.29) is 18.2 Å². The van der Waals surface area contributed by atoms with Crippen LogP contribution in [0.25, 0.3) is 11.0 Å². The molecule has 2 aromatic rings. The molecule has 0 spiro atoms. The van der Waals surface area contributed by atoms with Crippen molar-refractivity contribution < 1.29 is 19.1 Å². The maximum atomic E-state index is 12.3. The molecule has 1 aliphatic rings. The molecule has 0 aliphatic carbocycles. The number of hydrogen-bond donors (Lipinski definition) is 1. The number of likely N-dealkylation sites (tertiary alicyclic amines) is 1. The molecule has 1 fully saturated rings. The fraction of sp³-hybridized carbons (Fsp3) is 0.286. The van der Waals surface area contributed by atoms with Crippen molar-refractivity contribution in [2.75, 3.05) is 13.1 Å².